The molecule has 2 saturated heterocycles. The van der Waals surface area contributed by atoms with Gasteiger partial charge in [-0.15, -0.1) is 0 Å². The van der Waals surface area contributed by atoms with Gasteiger partial charge in [0.05, 0.1) is 7.11 Å². The fourth-order valence-electron chi connectivity index (χ4n) is 5.30. The Balaban J connectivity index is 1.32. The van der Waals surface area contributed by atoms with E-state index in [9.17, 15) is 4.79 Å². The van der Waals surface area contributed by atoms with Crippen LogP contribution in [0.2, 0.25) is 0 Å². The number of nitrogens with one attached hydrogen (secondary N) is 3. The van der Waals surface area contributed by atoms with Crippen LogP contribution in [0, 0.1) is 6.92 Å². The third-order valence-corrected chi connectivity index (χ3v) is 8.34. The van der Waals surface area contributed by atoms with Crippen LogP contribution < -0.4 is 20.3 Å². The minimum Gasteiger partial charge on any atom is -0.490 e. The van der Waals surface area contributed by atoms with Crippen molar-refractivity contribution < 1.29 is 9.53 Å². The Labute approximate surface area is 246 Å². The van der Waals surface area contributed by atoms with Crippen LogP contribution in [0.1, 0.15) is 38.3 Å². The Morgan fingerprint density at radius 2 is 1.66 bits per heavy atom. The molecule has 0 saturated carbocycles. The highest BCUT2D eigenvalue weighted by molar-refractivity contribution is 7.99. The van der Waals surface area contributed by atoms with E-state index in [1.165, 1.54) is 57.5 Å². The maximum Gasteiger partial charge on any atom is 0.221 e. The van der Waals surface area contributed by atoms with Gasteiger partial charge in [0.2, 0.25) is 11.7 Å². The van der Waals surface area contributed by atoms with Crippen molar-refractivity contribution in [3.05, 3.63) is 36.0 Å². The molecule has 11 nitrogen and oxygen atoms in total. The van der Waals surface area contributed by atoms with E-state index in [2.05, 4.69) is 35.5 Å². The van der Waals surface area contributed by atoms with E-state index in [0.717, 1.165) is 61.4 Å². The number of aryl methyl sites for hydroxylation is 1. The Morgan fingerprint density at radius 3 is 2.27 bits per heavy atom. The first-order chi connectivity index (χ1) is 20.0. The second-order valence-corrected chi connectivity index (χ2v) is 11.7. The molecule has 0 spiro atoms. The molecule has 3 N–H and O–H groups in total. The summed E-state index contributed by atoms with van der Waals surface area (Å²) >= 11 is 1.47. The summed E-state index contributed by atoms with van der Waals surface area (Å²) in [6.45, 7) is 11.9. The Hall–Kier alpha value is -3.35. The van der Waals surface area contributed by atoms with E-state index in [0.29, 0.717) is 22.5 Å². The monoisotopic (exact) mass is 579 g/mol. The molecular formula is C29H41N9O2S. The predicted octanol–water partition coefficient (Wildman–Crippen LogP) is 4.37. The van der Waals surface area contributed by atoms with Crippen LogP contribution in [0.15, 0.2) is 40.4 Å². The lowest BCUT2D eigenvalue weighted by Crippen LogP contribution is -2.49. The number of aromatic amines is 1. The Kier molecular flexibility index (Phi) is 9.97. The molecule has 41 heavy (non-hydrogen) atoms. The van der Waals surface area contributed by atoms with Gasteiger partial charge < -0.3 is 25.2 Å². The number of likely N-dealkylation sites (tertiary alicyclic amines) is 1. The largest absolute Gasteiger partial charge is 0.490 e. The minimum absolute atomic E-state index is 0.0973. The number of aromatic nitrogens is 4. The van der Waals surface area contributed by atoms with Crippen molar-refractivity contribution in [2.24, 2.45) is 0 Å². The van der Waals surface area contributed by atoms with Crippen LogP contribution in [0.5, 0.6) is 5.75 Å². The number of hydrogen-bond donors (Lipinski definition) is 3. The fourth-order valence-corrected chi connectivity index (χ4v) is 6.05. The van der Waals surface area contributed by atoms with Crippen LogP contribution in [-0.2, 0) is 4.79 Å². The number of piperazine rings is 1. The average Bonchev–Trinajstić information content (AvgIpc) is 3.20. The molecule has 2 aliphatic heterocycles. The van der Waals surface area contributed by atoms with Gasteiger partial charge in [0, 0.05) is 68.5 Å². The molecule has 1 amide bonds. The smallest absolute Gasteiger partial charge is 0.221 e. The molecular weight excluding hydrogens is 538 g/mol. The predicted molar refractivity (Wildman–Crippen MR) is 164 cm³/mol. The SMILES string of the molecule is COc1c(Nc2cc(C)[nH]n2)nc(Sc2ccc(NC(C)=O)cc2)nc1N1CCN(CCN2CCCCCC2)CC1. The van der Waals surface area contributed by atoms with E-state index in [4.69, 9.17) is 14.7 Å². The summed E-state index contributed by atoms with van der Waals surface area (Å²) < 4.78 is 5.90. The van der Waals surface area contributed by atoms with E-state index < -0.39 is 0 Å². The number of amides is 1. The first-order valence-corrected chi connectivity index (χ1v) is 15.3. The van der Waals surface area contributed by atoms with Crippen molar-refractivity contribution in [3.8, 4) is 5.75 Å². The first kappa shape index (κ1) is 29.2. The van der Waals surface area contributed by atoms with Gasteiger partial charge in [0.1, 0.15) is 0 Å². The zero-order valence-corrected chi connectivity index (χ0v) is 25.1. The Bertz CT molecular complexity index is 1280. The van der Waals surface area contributed by atoms with E-state index in [1.54, 1.807) is 7.11 Å². The molecule has 0 bridgehead atoms. The number of carbonyl (C=O) groups excluding carboxylic acids is 1. The molecule has 0 unspecified atom stereocenters. The van der Waals surface area contributed by atoms with Crippen LogP contribution in [0.3, 0.4) is 0 Å². The summed E-state index contributed by atoms with van der Waals surface area (Å²) in [6.07, 6.45) is 5.40. The molecule has 3 aromatic rings. The molecule has 4 heterocycles. The normalized spacial score (nSPS) is 16.8. The van der Waals surface area contributed by atoms with E-state index in [-0.39, 0.29) is 5.91 Å². The third-order valence-electron chi connectivity index (χ3n) is 7.47. The highest BCUT2D eigenvalue weighted by atomic mass is 32.2. The number of benzene rings is 1. The molecule has 5 rings (SSSR count). The van der Waals surface area contributed by atoms with Crippen LogP contribution in [-0.4, -0.2) is 95.3 Å². The zero-order chi connectivity index (χ0) is 28.6. The van der Waals surface area contributed by atoms with Gasteiger partial charge in [-0.3, -0.25) is 14.8 Å². The van der Waals surface area contributed by atoms with Gasteiger partial charge in [-0.25, -0.2) is 9.97 Å². The average molecular weight is 580 g/mol. The standard InChI is InChI=1S/C29H41N9O2S/c1-21-20-25(35-34-21)31-27-26(40-3)28(33-29(32-27)41-24-10-8-23(9-11-24)30-22(2)39)38-18-16-37(17-19-38)15-14-36-12-6-4-5-7-13-36/h8-11,20H,4-7,12-19H2,1-3H3,(H,30,39)(H2,31,32,33,34,35). The third kappa shape index (κ3) is 8.11. The van der Waals surface area contributed by atoms with Crippen molar-refractivity contribution >= 4 is 40.8 Å². The number of methoxy groups -OCH3 is 1. The van der Waals surface area contributed by atoms with Crippen LogP contribution in [0.25, 0.3) is 0 Å². The number of ether oxygens (including phenoxy) is 1. The number of carbonyl (C=O) groups is 1. The quantitative estimate of drug-likeness (QED) is 0.299. The summed E-state index contributed by atoms with van der Waals surface area (Å²) in [4.78, 5) is 29.7. The summed E-state index contributed by atoms with van der Waals surface area (Å²) in [5.74, 6) is 2.53. The molecule has 1 aromatic carbocycles. The summed E-state index contributed by atoms with van der Waals surface area (Å²) in [5.41, 5.74) is 1.70. The molecule has 0 atom stereocenters. The summed E-state index contributed by atoms with van der Waals surface area (Å²) in [5, 5.41) is 14.0. The van der Waals surface area contributed by atoms with Gasteiger partial charge in [-0.1, -0.05) is 12.8 Å². The summed E-state index contributed by atoms with van der Waals surface area (Å²) in [7, 11) is 1.66. The van der Waals surface area contributed by atoms with Crippen molar-refractivity contribution in [1.29, 1.82) is 0 Å². The second kappa shape index (κ2) is 14.0. The zero-order valence-electron chi connectivity index (χ0n) is 24.3. The van der Waals surface area contributed by atoms with Crippen molar-refractivity contribution in [2.75, 3.05) is 75.0 Å². The number of anilines is 4. The number of nitrogens with zero attached hydrogens (tertiary/aromatic N) is 6. The number of rotatable bonds is 10. The van der Waals surface area contributed by atoms with Gasteiger partial charge >= 0.3 is 0 Å². The lowest BCUT2D eigenvalue weighted by molar-refractivity contribution is -0.114. The molecule has 2 aromatic heterocycles. The second-order valence-electron chi connectivity index (χ2n) is 10.7. The lowest BCUT2D eigenvalue weighted by atomic mass is 10.2. The molecule has 0 radical (unpaired) electrons. The number of hydrogen-bond acceptors (Lipinski definition) is 10. The van der Waals surface area contributed by atoms with Gasteiger partial charge in [-0.05, 0) is 68.9 Å². The molecule has 2 aliphatic rings. The first-order valence-electron chi connectivity index (χ1n) is 14.5. The minimum atomic E-state index is -0.0973. The maximum atomic E-state index is 11.4. The van der Waals surface area contributed by atoms with Crippen molar-refractivity contribution in [3.63, 3.8) is 0 Å². The van der Waals surface area contributed by atoms with Crippen molar-refractivity contribution in [1.82, 2.24) is 30.0 Å². The fraction of sp³-hybridized carbons (Fsp3) is 0.517. The van der Waals surface area contributed by atoms with Crippen LogP contribution >= 0.6 is 11.8 Å². The van der Waals surface area contributed by atoms with Gasteiger partial charge in [0.25, 0.3) is 0 Å². The highest BCUT2D eigenvalue weighted by Gasteiger charge is 2.25. The molecule has 0 aliphatic carbocycles. The summed E-state index contributed by atoms with van der Waals surface area (Å²) in [6, 6.07) is 9.60. The van der Waals surface area contributed by atoms with E-state index in [1.807, 2.05) is 37.3 Å². The van der Waals surface area contributed by atoms with Gasteiger partial charge in [-0.2, -0.15) is 5.10 Å². The lowest BCUT2D eigenvalue weighted by Gasteiger charge is -2.37. The Morgan fingerprint density at radius 1 is 0.976 bits per heavy atom. The molecule has 220 valence electrons. The van der Waals surface area contributed by atoms with Crippen LogP contribution in [0.4, 0.5) is 23.1 Å². The molecule has 2 fully saturated rings. The van der Waals surface area contributed by atoms with E-state index >= 15 is 0 Å². The molecule has 12 heteroatoms. The number of H-pyrrole nitrogens is 1. The van der Waals surface area contributed by atoms with Crippen molar-refractivity contribution in [2.45, 2.75) is 49.6 Å². The van der Waals surface area contributed by atoms with Gasteiger partial charge in [0.15, 0.2) is 22.6 Å². The maximum absolute atomic E-state index is 11.4. The topological polar surface area (TPSA) is 115 Å². The highest BCUT2D eigenvalue weighted by Crippen LogP contribution is 2.38.